The van der Waals surface area contributed by atoms with Crippen molar-refractivity contribution in [3.05, 3.63) is 34.4 Å². The van der Waals surface area contributed by atoms with E-state index in [1.165, 1.54) is 12.1 Å². The molecule has 0 heterocycles. The van der Waals surface area contributed by atoms with Gasteiger partial charge in [0.1, 0.15) is 0 Å². The van der Waals surface area contributed by atoms with Gasteiger partial charge in [-0.3, -0.25) is 10.1 Å². The highest BCUT2D eigenvalue weighted by molar-refractivity contribution is 5.52. The lowest BCUT2D eigenvalue weighted by Gasteiger charge is -2.25. The molecule has 0 aromatic heterocycles. The minimum atomic E-state index is -0.416. The average Bonchev–Trinajstić information content (AvgIpc) is 2.17. The number of benzene rings is 1. The third-order valence-electron chi connectivity index (χ3n) is 2.05. The second-order valence-corrected chi connectivity index (χ2v) is 4.02. The first-order valence-corrected chi connectivity index (χ1v) is 4.67. The van der Waals surface area contributed by atoms with E-state index >= 15 is 0 Å². The molecule has 0 atom stereocenters. The summed E-state index contributed by atoms with van der Waals surface area (Å²) in [5.74, 6) is 0. The molecule has 0 aliphatic heterocycles. The number of hydrogen-bond acceptors (Lipinski definition) is 4. The molecule has 1 rings (SSSR count). The highest BCUT2D eigenvalue weighted by Gasteiger charge is 2.15. The van der Waals surface area contributed by atoms with Gasteiger partial charge in [-0.1, -0.05) is 6.07 Å². The first-order chi connectivity index (χ1) is 6.94. The van der Waals surface area contributed by atoms with Gasteiger partial charge in [-0.2, -0.15) is 0 Å². The molecule has 15 heavy (non-hydrogen) atoms. The number of rotatable bonds is 4. The molecule has 0 spiro atoms. The number of anilines is 1. The van der Waals surface area contributed by atoms with Gasteiger partial charge in [-0.05, 0) is 19.9 Å². The molecular formula is C10H15N3O2. The second-order valence-electron chi connectivity index (χ2n) is 4.02. The maximum atomic E-state index is 10.5. The Kier molecular flexibility index (Phi) is 3.26. The smallest absolute Gasteiger partial charge is 0.271 e. The summed E-state index contributed by atoms with van der Waals surface area (Å²) in [6.45, 7) is 4.33. The molecule has 0 saturated carbocycles. The molecule has 5 nitrogen and oxygen atoms in total. The van der Waals surface area contributed by atoms with Crippen molar-refractivity contribution in [1.29, 1.82) is 0 Å². The van der Waals surface area contributed by atoms with Crippen LogP contribution in [0.4, 0.5) is 11.4 Å². The molecular weight excluding hydrogens is 194 g/mol. The Bertz CT molecular complexity index is 363. The summed E-state index contributed by atoms with van der Waals surface area (Å²) in [7, 11) is 0. The fraction of sp³-hybridized carbons (Fsp3) is 0.400. The van der Waals surface area contributed by atoms with E-state index < -0.39 is 4.92 Å². The third kappa shape index (κ3) is 3.21. The number of hydrogen-bond donors (Lipinski definition) is 2. The first kappa shape index (κ1) is 11.5. The van der Waals surface area contributed by atoms with Crippen molar-refractivity contribution in [3.63, 3.8) is 0 Å². The average molecular weight is 209 g/mol. The minimum Gasteiger partial charge on any atom is -0.379 e. The van der Waals surface area contributed by atoms with Crippen LogP contribution in [0, 0.1) is 10.1 Å². The molecule has 1 aromatic carbocycles. The summed E-state index contributed by atoms with van der Waals surface area (Å²) in [5.41, 5.74) is 6.07. The van der Waals surface area contributed by atoms with Gasteiger partial charge in [0.25, 0.3) is 5.69 Å². The zero-order valence-corrected chi connectivity index (χ0v) is 8.86. The summed E-state index contributed by atoms with van der Waals surface area (Å²) in [4.78, 5) is 10.1. The lowest BCUT2D eigenvalue weighted by atomic mass is 10.1. The molecule has 1 aromatic rings. The molecule has 3 N–H and O–H groups in total. The van der Waals surface area contributed by atoms with E-state index in [1.54, 1.807) is 12.1 Å². The van der Waals surface area contributed by atoms with Gasteiger partial charge < -0.3 is 11.1 Å². The van der Waals surface area contributed by atoms with Crippen LogP contribution in [-0.2, 0) is 0 Å². The van der Waals surface area contributed by atoms with Crippen LogP contribution < -0.4 is 11.1 Å². The van der Waals surface area contributed by atoms with Crippen molar-refractivity contribution in [1.82, 2.24) is 0 Å². The summed E-state index contributed by atoms with van der Waals surface area (Å²) < 4.78 is 0. The van der Waals surface area contributed by atoms with Crippen molar-refractivity contribution in [2.75, 3.05) is 11.9 Å². The molecule has 0 bridgehead atoms. The Morgan fingerprint density at radius 3 is 2.73 bits per heavy atom. The Morgan fingerprint density at radius 2 is 2.20 bits per heavy atom. The van der Waals surface area contributed by atoms with Crippen LogP contribution in [0.3, 0.4) is 0 Å². The highest BCUT2D eigenvalue weighted by Crippen LogP contribution is 2.20. The predicted octanol–water partition coefficient (Wildman–Crippen LogP) is 1.74. The Balaban J connectivity index is 2.87. The normalized spacial score (nSPS) is 11.1. The zero-order valence-electron chi connectivity index (χ0n) is 8.86. The van der Waals surface area contributed by atoms with Crippen LogP contribution in [0.25, 0.3) is 0 Å². The Morgan fingerprint density at radius 1 is 1.53 bits per heavy atom. The maximum Gasteiger partial charge on any atom is 0.271 e. The first-order valence-electron chi connectivity index (χ1n) is 4.67. The largest absolute Gasteiger partial charge is 0.379 e. The van der Waals surface area contributed by atoms with E-state index in [0.717, 1.165) is 0 Å². The van der Waals surface area contributed by atoms with Crippen LogP contribution in [0.15, 0.2) is 24.3 Å². The molecule has 0 fully saturated rings. The fourth-order valence-corrected chi connectivity index (χ4v) is 1.14. The van der Waals surface area contributed by atoms with Gasteiger partial charge in [0.2, 0.25) is 0 Å². The van der Waals surface area contributed by atoms with Gasteiger partial charge in [-0.15, -0.1) is 0 Å². The summed E-state index contributed by atoms with van der Waals surface area (Å²) in [5, 5.41) is 13.7. The van der Waals surface area contributed by atoms with Crippen molar-refractivity contribution in [3.8, 4) is 0 Å². The molecule has 0 saturated heterocycles. The van der Waals surface area contributed by atoms with Crippen molar-refractivity contribution < 1.29 is 4.92 Å². The number of nitro groups is 1. The quantitative estimate of drug-likeness (QED) is 0.584. The van der Waals surface area contributed by atoms with Crippen LogP contribution >= 0.6 is 0 Å². The summed E-state index contributed by atoms with van der Waals surface area (Å²) in [6.07, 6.45) is 0. The number of non-ortho nitro benzene ring substituents is 1. The van der Waals surface area contributed by atoms with Crippen molar-refractivity contribution >= 4 is 11.4 Å². The van der Waals surface area contributed by atoms with Crippen LogP contribution in [0.2, 0.25) is 0 Å². The summed E-state index contributed by atoms with van der Waals surface area (Å²) in [6, 6.07) is 6.38. The molecule has 0 aliphatic carbocycles. The van der Waals surface area contributed by atoms with Gasteiger partial charge >= 0.3 is 0 Å². The Hall–Kier alpha value is -1.62. The van der Waals surface area contributed by atoms with E-state index in [0.29, 0.717) is 12.2 Å². The van der Waals surface area contributed by atoms with Crippen LogP contribution in [-0.4, -0.2) is 17.0 Å². The van der Waals surface area contributed by atoms with Gasteiger partial charge in [0.05, 0.1) is 4.92 Å². The predicted molar refractivity (Wildman–Crippen MR) is 59.9 cm³/mol. The second kappa shape index (κ2) is 4.27. The van der Waals surface area contributed by atoms with Crippen LogP contribution in [0.1, 0.15) is 13.8 Å². The van der Waals surface area contributed by atoms with Crippen molar-refractivity contribution in [2.24, 2.45) is 5.73 Å². The van der Waals surface area contributed by atoms with Gasteiger partial charge in [0, 0.05) is 29.9 Å². The topological polar surface area (TPSA) is 81.2 Å². The minimum absolute atomic E-state index is 0.0767. The monoisotopic (exact) mass is 209 g/mol. The lowest BCUT2D eigenvalue weighted by Crippen LogP contribution is -2.39. The Labute approximate surface area is 88.4 Å². The lowest BCUT2D eigenvalue weighted by molar-refractivity contribution is -0.384. The van der Waals surface area contributed by atoms with E-state index in [4.69, 9.17) is 5.73 Å². The molecule has 82 valence electrons. The highest BCUT2D eigenvalue weighted by atomic mass is 16.6. The molecule has 0 radical (unpaired) electrons. The van der Waals surface area contributed by atoms with E-state index in [9.17, 15) is 10.1 Å². The van der Waals surface area contributed by atoms with Crippen molar-refractivity contribution in [2.45, 2.75) is 19.4 Å². The standard InChI is InChI=1S/C10H15N3O2/c1-10(2,7-11)12-8-4-3-5-9(6-8)13(14)15/h3-6,12H,7,11H2,1-2H3. The van der Waals surface area contributed by atoms with Gasteiger partial charge in [-0.25, -0.2) is 0 Å². The number of nitrogens with zero attached hydrogens (tertiary/aromatic N) is 1. The summed E-state index contributed by atoms with van der Waals surface area (Å²) >= 11 is 0. The van der Waals surface area contributed by atoms with E-state index in [2.05, 4.69) is 5.32 Å². The number of nitrogens with one attached hydrogen (secondary N) is 1. The van der Waals surface area contributed by atoms with E-state index in [-0.39, 0.29) is 11.2 Å². The maximum absolute atomic E-state index is 10.5. The molecule has 0 unspecified atom stereocenters. The molecule has 5 heteroatoms. The van der Waals surface area contributed by atoms with E-state index in [1.807, 2.05) is 13.8 Å². The fourth-order valence-electron chi connectivity index (χ4n) is 1.14. The SMILES string of the molecule is CC(C)(CN)Nc1cccc([N+](=O)[O-])c1. The van der Waals surface area contributed by atoms with Crippen LogP contribution in [0.5, 0.6) is 0 Å². The zero-order chi connectivity index (χ0) is 11.5. The van der Waals surface area contributed by atoms with Gasteiger partial charge in [0.15, 0.2) is 0 Å². The molecule has 0 amide bonds. The number of nitrogens with two attached hydrogens (primary N) is 1. The molecule has 0 aliphatic rings. The number of nitro benzene ring substituents is 1. The third-order valence-corrected chi connectivity index (χ3v) is 2.05.